The summed E-state index contributed by atoms with van der Waals surface area (Å²) in [6, 6.07) is 6.48. The van der Waals surface area contributed by atoms with Crippen LogP contribution in [-0.2, 0) is 16.2 Å². The lowest BCUT2D eigenvalue weighted by molar-refractivity contribution is -0.139. The van der Waals surface area contributed by atoms with Crippen LogP contribution in [0.4, 0.5) is 23.2 Å². The fourth-order valence-corrected chi connectivity index (χ4v) is 2.78. The van der Waals surface area contributed by atoms with E-state index in [4.69, 9.17) is 11.6 Å². The smallest absolute Gasteiger partial charge is 0.284 e. The number of benzene rings is 2. The van der Waals surface area contributed by atoms with Gasteiger partial charge in [0, 0.05) is 11.3 Å². The van der Waals surface area contributed by atoms with Crippen LogP contribution in [0.25, 0.3) is 11.1 Å². The maximum atomic E-state index is 13.3. The molecule has 0 bridgehead atoms. The quantitative estimate of drug-likeness (QED) is 0.810. The van der Waals surface area contributed by atoms with Crippen LogP contribution in [0, 0.1) is 5.82 Å². The van der Waals surface area contributed by atoms with Gasteiger partial charge in [-0.2, -0.15) is 13.2 Å². The van der Waals surface area contributed by atoms with Gasteiger partial charge >= 0.3 is 6.18 Å². The maximum Gasteiger partial charge on any atom is 0.419 e. The molecular weight excluding hydrogens is 358 g/mol. The van der Waals surface area contributed by atoms with E-state index in [0.717, 1.165) is 12.3 Å². The summed E-state index contributed by atoms with van der Waals surface area (Å²) < 4.78 is 76.0. The zero-order chi connectivity index (χ0) is 17.4. The van der Waals surface area contributed by atoms with Gasteiger partial charge in [0.05, 0.1) is 16.8 Å². The third kappa shape index (κ3) is 4.35. The third-order valence-electron chi connectivity index (χ3n) is 2.86. The van der Waals surface area contributed by atoms with Gasteiger partial charge in [0.2, 0.25) is 10.0 Å². The monoisotopic (exact) mass is 367 g/mol. The normalized spacial score (nSPS) is 12.3. The summed E-state index contributed by atoms with van der Waals surface area (Å²) in [5.41, 5.74) is -0.949. The molecule has 1 N–H and O–H groups in total. The topological polar surface area (TPSA) is 46.2 Å². The summed E-state index contributed by atoms with van der Waals surface area (Å²) in [7, 11) is -3.51. The molecular formula is C14H10ClF4NO2S. The molecule has 2 rings (SSSR count). The number of halogens is 5. The highest BCUT2D eigenvalue weighted by atomic mass is 35.5. The Balaban J connectivity index is 2.47. The lowest BCUT2D eigenvalue weighted by Crippen LogP contribution is -2.09. The van der Waals surface area contributed by atoms with Crippen LogP contribution >= 0.6 is 11.6 Å². The van der Waals surface area contributed by atoms with Crippen molar-refractivity contribution < 1.29 is 26.0 Å². The fourth-order valence-electron chi connectivity index (χ4n) is 1.94. The minimum Gasteiger partial charge on any atom is -0.284 e. The van der Waals surface area contributed by atoms with Crippen molar-refractivity contribution >= 4 is 27.3 Å². The first kappa shape index (κ1) is 17.6. The Morgan fingerprint density at radius 3 is 2.26 bits per heavy atom. The number of rotatable bonds is 3. The predicted molar refractivity (Wildman–Crippen MR) is 80.3 cm³/mol. The van der Waals surface area contributed by atoms with Gasteiger partial charge in [0.1, 0.15) is 5.82 Å². The van der Waals surface area contributed by atoms with Gasteiger partial charge < -0.3 is 0 Å². The van der Waals surface area contributed by atoms with Gasteiger partial charge in [-0.3, -0.25) is 4.72 Å². The SMILES string of the molecule is CS(=O)(=O)Nc1ccc(-c2ccc(F)c(C(F)(F)F)c2)c(Cl)c1. The van der Waals surface area contributed by atoms with Crippen LogP contribution in [0.15, 0.2) is 36.4 Å². The van der Waals surface area contributed by atoms with E-state index >= 15 is 0 Å². The van der Waals surface area contributed by atoms with E-state index in [2.05, 4.69) is 4.72 Å². The Bertz CT molecular complexity index is 850. The molecule has 0 fully saturated rings. The number of sulfonamides is 1. The van der Waals surface area contributed by atoms with Crippen molar-refractivity contribution in [3.8, 4) is 11.1 Å². The zero-order valence-corrected chi connectivity index (χ0v) is 13.2. The van der Waals surface area contributed by atoms with Crippen molar-refractivity contribution in [3.63, 3.8) is 0 Å². The molecule has 9 heteroatoms. The van der Waals surface area contributed by atoms with E-state index < -0.39 is 27.6 Å². The van der Waals surface area contributed by atoms with Crippen molar-refractivity contribution in [3.05, 3.63) is 52.8 Å². The van der Waals surface area contributed by atoms with Crippen LogP contribution in [0.1, 0.15) is 5.56 Å². The Morgan fingerprint density at radius 2 is 1.74 bits per heavy atom. The molecule has 0 heterocycles. The Morgan fingerprint density at radius 1 is 1.09 bits per heavy atom. The first-order chi connectivity index (χ1) is 10.5. The molecule has 124 valence electrons. The molecule has 0 unspecified atom stereocenters. The van der Waals surface area contributed by atoms with Gasteiger partial charge in [0.15, 0.2) is 0 Å². The summed E-state index contributed by atoms with van der Waals surface area (Å²) in [6.45, 7) is 0. The van der Waals surface area contributed by atoms with E-state index in [1.807, 2.05) is 0 Å². The fraction of sp³-hybridized carbons (Fsp3) is 0.143. The Hall–Kier alpha value is -1.80. The van der Waals surface area contributed by atoms with E-state index in [0.29, 0.717) is 12.1 Å². The standard InChI is InChI=1S/C14H10ClF4NO2S/c1-23(21,22)20-9-3-4-10(12(15)7-9)8-2-5-13(16)11(6-8)14(17,18)19/h2-7,20H,1H3. The summed E-state index contributed by atoms with van der Waals surface area (Å²) in [5, 5.41) is 0.0263. The molecule has 3 nitrogen and oxygen atoms in total. The molecule has 2 aromatic carbocycles. The minimum atomic E-state index is -4.83. The number of anilines is 1. The summed E-state index contributed by atoms with van der Waals surface area (Å²) in [4.78, 5) is 0. The van der Waals surface area contributed by atoms with E-state index in [1.165, 1.54) is 18.2 Å². The predicted octanol–water partition coefficient (Wildman–Crippen LogP) is 4.54. The van der Waals surface area contributed by atoms with Crippen molar-refractivity contribution in [2.45, 2.75) is 6.18 Å². The van der Waals surface area contributed by atoms with Crippen LogP contribution < -0.4 is 4.72 Å². The Kier molecular flexibility index (Phi) is 4.59. The second-order valence-electron chi connectivity index (χ2n) is 4.76. The van der Waals surface area contributed by atoms with Crippen LogP contribution in [0.5, 0.6) is 0 Å². The van der Waals surface area contributed by atoms with Gasteiger partial charge in [-0.15, -0.1) is 0 Å². The van der Waals surface area contributed by atoms with Crippen LogP contribution in [-0.4, -0.2) is 14.7 Å². The highest BCUT2D eigenvalue weighted by Gasteiger charge is 2.34. The molecule has 2 aromatic rings. The first-order valence-electron chi connectivity index (χ1n) is 6.12. The maximum absolute atomic E-state index is 13.3. The second-order valence-corrected chi connectivity index (χ2v) is 6.92. The molecule has 0 aromatic heterocycles. The van der Waals surface area contributed by atoms with Gasteiger partial charge in [0.25, 0.3) is 0 Å². The number of hydrogen-bond acceptors (Lipinski definition) is 2. The average molecular weight is 368 g/mol. The highest BCUT2D eigenvalue weighted by molar-refractivity contribution is 7.92. The first-order valence-corrected chi connectivity index (χ1v) is 8.39. The van der Waals surface area contributed by atoms with Crippen LogP contribution in [0.3, 0.4) is 0 Å². The van der Waals surface area contributed by atoms with Crippen LogP contribution in [0.2, 0.25) is 5.02 Å². The minimum absolute atomic E-state index is 0.0263. The molecule has 0 aliphatic carbocycles. The average Bonchev–Trinajstić information content (AvgIpc) is 2.36. The molecule has 0 spiro atoms. The summed E-state index contributed by atoms with van der Waals surface area (Å²) in [6.07, 6.45) is -3.88. The van der Waals surface area contributed by atoms with E-state index in [9.17, 15) is 26.0 Å². The van der Waals surface area contributed by atoms with Gasteiger partial charge in [-0.25, -0.2) is 12.8 Å². The third-order valence-corrected chi connectivity index (χ3v) is 3.77. The van der Waals surface area contributed by atoms with Crippen molar-refractivity contribution in [1.29, 1.82) is 0 Å². The number of nitrogens with one attached hydrogen (secondary N) is 1. The van der Waals surface area contributed by atoms with E-state index in [1.54, 1.807) is 0 Å². The molecule has 0 aliphatic heterocycles. The highest BCUT2D eigenvalue weighted by Crippen LogP contribution is 2.36. The molecule has 0 aliphatic rings. The largest absolute Gasteiger partial charge is 0.419 e. The van der Waals surface area contributed by atoms with Gasteiger partial charge in [-0.05, 0) is 29.8 Å². The molecule has 23 heavy (non-hydrogen) atoms. The van der Waals surface area contributed by atoms with Gasteiger partial charge in [-0.1, -0.05) is 23.7 Å². The molecule has 0 radical (unpaired) electrons. The second kappa shape index (κ2) is 6.01. The molecule has 0 atom stereocenters. The molecule has 0 amide bonds. The number of hydrogen-bond donors (Lipinski definition) is 1. The Labute approximate surface area is 134 Å². The summed E-state index contributed by atoms with van der Waals surface area (Å²) in [5.74, 6) is -1.38. The molecule has 0 saturated carbocycles. The summed E-state index contributed by atoms with van der Waals surface area (Å²) >= 11 is 5.99. The number of alkyl halides is 3. The van der Waals surface area contributed by atoms with Crippen molar-refractivity contribution in [2.75, 3.05) is 11.0 Å². The van der Waals surface area contributed by atoms with Crippen molar-refractivity contribution in [2.24, 2.45) is 0 Å². The van der Waals surface area contributed by atoms with E-state index in [-0.39, 0.29) is 21.8 Å². The zero-order valence-electron chi connectivity index (χ0n) is 11.6. The lowest BCUT2D eigenvalue weighted by atomic mass is 10.0. The van der Waals surface area contributed by atoms with Crippen molar-refractivity contribution in [1.82, 2.24) is 0 Å². The lowest BCUT2D eigenvalue weighted by Gasteiger charge is -2.12. The molecule has 0 saturated heterocycles.